The highest BCUT2D eigenvalue weighted by atomic mass is 16.5. The van der Waals surface area contributed by atoms with E-state index < -0.39 is 0 Å². The SMILES string of the molecule is C=CC(=O)c1ccccc1OC1C2CCN(CC2)C1C(c1ccccc1)c1ccccc1. The predicted octanol–water partition coefficient (Wildman–Crippen LogP) is 5.73. The van der Waals surface area contributed by atoms with Crippen molar-refractivity contribution in [3.05, 3.63) is 114 Å². The molecule has 2 unspecified atom stereocenters. The van der Waals surface area contributed by atoms with E-state index in [1.165, 1.54) is 17.2 Å². The van der Waals surface area contributed by atoms with E-state index >= 15 is 0 Å². The highest BCUT2D eigenvalue weighted by Crippen LogP contribution is 2.43. The van der Waals surface area contributed by atoms with Gasteiger partial charge in [-0.15, -0.1) is 0 Å². The van der Waals surface area contributed by atoms with Crippen LogP contribution in [0.25, 0.3) is 0 Å². The number of hydrogen-bond acceptors (Lipinski definition) is 3. The highest BCUT2D eigenvalue weighted by molar-refractivity contribution is 6.06. The zero-order chi connectivity index (χ0) is 21.9. The first kappa shape index (κ1) is 20.7. The Labute approximate surface area is 190 Å². The number of hydrogen-bond donors (Lipinski definition) is 0. The smallest absolute Gasteiger partial charge is 0.188 e. The molecule has 0 aromatic heterocycles. The van der Waals surface area contributed by atoms with Gasteiger partial charge >= 0.3 is 0 Å². The Kier molecular flexibility index (Phi) is 5.91. The van der Waals surface area contributed by atoms with E-state index in [-0.39, 0.29) is 23.8 Å². The standard InChI is InChI=1S/C29H29NO2/c1-2-25(31)24-15-9-10-16-26(24)32-29-23-17-19-30(20-18-23)28(29)27(21-11-5-3-6-12-21)22-13-7-4-8-14-22/h2-16,23,27-29H,1,17-20H2. The second-order valence-electron chi connectivity index (χ2n) is 8.81. The minimum atomic E-state index is -0.0962. The van der Waals surface area contributed by atoms with Gasteiger partial charge in [0.15, 0.2) is 5.78 Å². The maximum Gasteiger partial charge on any atom is 0.188 e. The minimum absolute atomic E-state index is 0.0154. The van der Waals surface area contributed by atoms with Crippen LogP contribution < -0.4 is 4.74 Å². The van der Waals surface area contributed by atoms with Crippen LogP contribution in [0.1, 0.15) is 40.2 Å². The number of carbonyl (C=O) groups is 1. The molecule has 32 heavy (non-hydrogen) atoms. The molecule has 0 spiro atoms. The summed E-state index contributed by atoms with van der Waals surface area (Å²) in [6.45, 7) is 5.86. The molecule has 3 fully saturated rings. The third kappa shape index (κ3) is 3.89. The van der Waals surface area contributed by atoms with E-state index in [2.05, 4.69) is 72.1 Å². The number of benzene rings is 3. The van der Waals surface area contributed by atoms with Crippen LogP contribution in [-0.2, 0) is 0 Å². The third-order valence-electron chi connectivity index (χ3n) is 7.06. The molecule has 3 aromatic carbocycles. The summed E-state index contributed by atoms with van der Waals surface area (Å²) < 4.78 is 6.77. The van der Waals surface area contributed by atoms with Crippen LogP contribution in [0, 0.1) is 5.92 Å². The Hall–Kier alpha value is -3.17. The Balaban J connectivity index is 1.58. The van der Waals surface area contributed by atoms with Gasteiger partial charge in [0.25, 0.3) is 0 Å². The Morgan fingerprint density at radius 2 is 1.44 bits per heavy atom. The van der Waals surface area contributed by atoms with Crippen molar-refractivity contribution in [3.8, 4) is 5.75 Å². The zero-order valence-corrected chi connectivity index (χ0v) is 18.3. The Morgan fingerprint density at radius 3 is 2.03 bits per heavy atom. The summed E-state index contributed by atoms with van der Waals surface area (Å²) in [7, 11) is 0. The molecule has 3 aromatic rings. The summed E-state index contributed by atoms with van der Waals surface area (Å²) in [5, 5.41) is 0. The average Bonchev–Trinajstić information content (AvgIpc) is 2.87. The molecule has 3 saturated heterocycles. The van der Waals surface area contributed by atoms with E-state index in [4.69, 9.17) is 4.74 Å². The third-order valence-corrected chi connectivity index (χ3v) is 7.06. The molecule has 0 N–H and O–H groups in total. The Morgan fingerprint density at radius 1 is 0.875 bits per heavy atom. The van der Waals surface area contributed by atoms with Crippen LogP contribution in [-0.4, -0.2) is 35.9 Å². The zero-order valence-electron chi connectivity index (χ0n) is 18.3. The van der Waals surface area contributed by atoms with Gasteiger partial charge in [-0.25, -0.2) is 0 Å². The monoisotopic (exact) mass is 423 g/mol. The summed E-state index contributed by atoms with van der Waals surface area (Å²) >= 11 is 0. The first-order valence-corrected chi connectivity index (χ1v) is 11.5. The van der Waals surface area contributed by atoms with Crippen LogP contribution in [0.15, 0.2) is 97.6 Å². The van der Waals surface area contributed by atoms with Gasteiger partial charge in [-0.3, -0.25) is 9.69 Å². The number of nitrogens with zero attached hydrogens (tertiary/aromatic N) is 1. The van der Waals surface area contributed by atoms with Gasteiger partial charge in [-0.1, -0.05) is 79.4 Å². The maximum atomic E-state index is 12.5. The van der Waals surface area contributed by atoms with E-state index in [9.17, 15) is 4.79 Å². The van der Waals surface area contributed by atoms with Crippen molar-refractivity contribution >= 4 is 5.78 Å². The van der Waals surface area contributed by atoms with Crippen molar-refractivity contribution in [1.29, 1.82) is 0 Å². The molecular formula is C29H29NO2. The fraction of sp³-hybridized carbons (Fsp3) is 0.276. The van der Waals surface area contributed by atoms with Gasteiger partial charge in [0.1, 0.15) is 11.9 Å². The number of ketones is 1. The summed E-state index contributed by atoms with van der Waals surface area (Å²) in [4.78, 5) is 15.1. The van der Waals surface area contributed by atoms with Crippen LogP contribution in [0.5, 0.6) is 5.75 Å². The lowest BCUT2D eigenvalue weighted by Crippen LogP contribution is -2.62. The van der Waals surface area contributed by atoms with Crippen molar-refractivity contribution < 1.29 is 9.53 Å². The highest BCUT2D eigenvalue weighted by Gasteiger charge is 2.48. The van der Waals surface area contributed by atoms with Gasteiger partial charge in [0.05, 0.1) is 11.6 Å². The van der Waals surface area contributed by atoms with Crippen LogP contribution >= 0.6 is 0 Å². The quantitative estimate of drug-likeness (QED) is 0.359. The first-order valence-electron chi connectivity index (χ1n) is 11.5. The molecular weight excluding hydrogens is 394 g/mol. The van der Waals surface area contributed by atoms with Crippen molar-refractivity contribution in [2.75, 3.05) is 13.1 Å². The minimum Gasteiger partial charge on any atom is -0.488 e. The van der Waals surface area contributed by atoms with Crippen molar-refractivity contribution in [3.63, 3.8) is 0 Å². The van der Waals surface area contributed by atoms with Gasteiger partial charge in [-0.05, 0) is 61.2 Å². The first-order chi connectivity index (χ1) is 15.8. The molecule has 3 heterocycles. The molecule has 3 aliphatic heterocycles. The summed E-state index contributed by atoms with van der Waals surface area (Å²) in [6, 6.07) is 29.3. The lowest BCUT2D eigenvalue weighted by molar-refractivity contribution is -0.0642. The van der Waals surface area contributed by atoms with Crippen molar-refractivity contribution in [1.82, 2.24) is 4.90 Å². The molecule has 6 rings (SSSR count). The predicted molar refractivity (Wildman–Crippen MR) is 128 cm³/mol. The molecule has 0 aliphatic carbocycles. The molecule has 162 valence electrons. The fourth-order valence-electron chi connectivity index (χ4n) is 5.54. The van der Waals surface area contributed by atoms with E-state index in [0.717, 1.165) is 25.9 Å². The molecule has 3 nitrogen and oxygen atoms in total. The number of rotatable bonds is 7. The molecule has 0 saturated carbocycles. The number of para-hydroxylation sites is 1. The molecule has 2 bridgehead atoms. The van der Waals surface area contributed by atoms with E-state index in [1.54, 1.807) is 0 Å². The molecule has 0 amide bonds. The average molecular weight is 424 g/mol. The summed E-state index contributed by atoms with van der Waals surface area (Å²) in [6.07, 6.45) is 3.65. The van der Waals surface area contributed by atoms with Gasteiger partial charge in [0, 0.05) is 5.92 Å². The summed E-state index contributed by atoms with van der Waals surface area (Å²) in [5.41, 5.74) is 3.20. The lowest BCUT2D eigenvalue weighted by Gasteiger charge is -2.53. The lowest BCUT2D eigenvalue weighted by atomic mass is 9.72. The number of ether oxygens (including phenoxy) is 1. The van der Waals surface area contributed by atoms with Crippen LogP contribution in [0.2, 0.25) is 0 Å². The number of carbonyl (C=O) groups excluding carboxylic acids is 1. The molecule has 3 aliphatic rings. The normalized spacial score (nSPS) is 24.3. The molecule has 3 heteroatoms. The Bertz CT molecular complexity index is 1030. The van der Waals surface area contributed by atoms with Crippen LogP contribution in [0.4, 0.5) is 0 Å². The van der Waals surface area contributed by atoms with E-state index in [0.29, 0.717) is 17.2 Å². The summed E-state index contributed by atoms with van der Waals surface area (Å²) in [5.74, 6) is 1.25. The molecule has 0 radical (unpaired) electrons. The fourth-order valence-corrected chi connectivity index (χ4v) is 5.54. The largest absolute Gasteiger partial charge is 0.488 e. The second-order valence-corrected chi connectivity index (χ2v) is 8.81. The van der Waals surface area contributed by atoms with Crippen molar-refractivity contribution in [2.45, 2.75) is 30.9 Å². The van der Waals surface area contributed by atoms with E-state index in [1.807, 2.05) is 24.3 Å². The maximum absolute atomic E-state index is 12.5. The van der Waals surface area contributed by atoms with Crippen LogP contribution in [0.3, 0.4) is 0 Å². The van der Waals surface area contributed by atoms with Gasteiger partial charge in [0.2, 0.25) is 0 Å². The molecule has 2 atom stereocenters. The van der Waals surface area contributed by atoms with Gasteiger partial charge in [-0.2, -0.15) is 0 Å². The number of allylic oxidation sites excluding steroid dienone is 1. The van der Waals surface area contributed by atoms with Crippen molar-refractivity contribution in [2.24, 2.45) is 5.92 Å². The second kappa shape index (κ2) is 9.13. The number of piperidine rings is 3. The van der Waals surface area contributed by atoms with Gasteiger partial charge < -0.3 is 4.74 Å². The number of fused-ring (bicyclic) bond motifs is 3. The topological polar surface area (TPSA) is 29.5 Å².